The van der Waals surface area contributed by atoms with Crippen molar-refractivity contribution in [1.82, 2.24) is 4.98 Å². The molecule has 3 rings (SSSR count). The van der Waals surface area contributed by atoms with Crippen molar-refractivity contribution < 1.29 is 9.53 Å². The smallest absolute Gasteiger partial charge is 0.309 e. The van der Waals surface area contributed by atoms with Crippen LogP contribution in [0.15, 0.2) is 53.0 Å². The minimum absolute atomic E-state index is 0.308. The number of esters is 1. The van der Waals surface area contributed by atoms with Gasteiger partial charge < -0.3 is 4.74 Å². The van der Waals surface area contributed by atoms with Gasteiger partial charge in [0, 0.05) is 22.0 Å². The number of halogens is 2. The van der Waals surface area contributed by atoms with Crippen LogP contribution in [-0.2, 0) is 4.79 Å². The standard InChI is InChI=1S/C17H11BrClNO2S/c1-10(21)22-16-15(12-3-2-4-14(19)9-12)23-17(20-16)11-5-7-13(18)8-6-11/h2-9H,1H3. The molecule has 1 aromatic heterocycles. The summed E-state index contributed by atoms with van der Waals surface area (Å²) in [6.45, 7) is 1.36. The van der Waals surface area contributed by atoms with E-state index in [0.717, 1.165) is 25.5 Å². The number of rotatable bonds is 3. The molecule has 0 spiro atoms. The maximum atomic E-state index is 11.4. The van der Waals surface area contributed by atoms with Crippen LogP contribution >= 0.6 is 38.9 Å². The molecule has 116 valence electrons. The van der Waals surface area contributed by atoms with Crippen LogP contribution < -0.4 is 4.74 Å². The largest absolute Gasteiger partial charge is 0.406 e. The molecule has 3 aromatic rings. The first-order valence-corrected chi connectivity index (χ1v) is 8.73. The molecule has 0 fully saturated rings. The molecule has 0 unspecified atom stereocenters. The van der Waals surface area contributed by atoms with E-state index in [-0.39, 0.29) is 0 Å². The number of carbonyl (C=O) groups excluding carboxylic acids is 1. The molecule has 23 heavy (non-hydrogen) atoms. The summed E-state index contributed by atoms with van der Waals surface area (Å²) in [5.74, 6) is -0.0939. The fourth-order valence-corrected chi connectivity index (χ4v) is 3.49. The van der Waals surface area contributed by atoms with E-state index in [4.69, 9.17) is 16.3 Å². The monoisotopic (exact) mass is 407 g/mol. The molecule has 0 aliphatic rings. The maximum Gasteiger partial charge on any atom is 0.309 e. The molecule has 0 saturated carbocycles. The van der Waals surface area contributed by atoms with E-state index in [9.17, 15) is 4.79 Å². The summed E-state index contributed by atoms with van der Waals surface area (Å²) in [4.78, 5) is 16.6. The van der Waals surface area contributed by atoms with Gasteiger partial charge in [0.05, 0.1) is 4.88 Å². The molecule has 0 bridgehead atoms. The van der Waals surface area contributed by atoms with Crippen LogP contribution in [0.5, 0.6) is 5.88 Å². The Morgan fingerprint density at radius 3 is 2.57 bits per heavy atom. The summed E-state index contributed by atoms with van der Waals surface area (Å²) in [5.41, 5.74) is 1.83. The highest BCUT2D eigenvalue weighted by atomic mass is 79.9. The van der Waals surface area contributed by atoms with Gasteiger partial charge in [-0.1, -0.05) is 51.8 Å². The predicted molar refractivity (Wildman–Crippen MR) is 97.0 cm³/mol. The number of aromatic nitrogens is 1. The van der Waals surface area contributed by atoms with Crippen LogP contribution in [0.2, 0.25) is 5.02 Å². The first-order chi connectivity index (χ1) is 11.0. The third kappa shape index (κ3) is 3.80. The van der Waals surface area contributed by atoms with Gasteiger partial charge >= 0.3 is 5.97 Å². The van der Waals surface area contributed by atoms with Gasteiger partial charge in [0.1, 0.15) is 5.01 Å². The molecule has 0 atom stereocenters. The SMILES string of the molecule is CC(=O)Oc1nc(-c2ccc(Br)cc2)sc1-c1cccc(Cl)c1. The highest BCUT2D eigenvalue weighted by Gasteiger charge is 2.17. The Morgan fingerprint density at radius 2 is 1.91 bits per heavy atom. The van der Waals surface area contributed by atoms with Gasteiger partial charge in [-0.3, -0.25) is 4.79 Å². The number of hydrogen-bond donors (Lipinski definition) is 0. The summed E-state index contributed by atoms with van der Waals surface area (Å²) < 4.78 is 6.27. The van der Waals surface area contributed by atoms with Crippen molar-refractivity contribution in [3.05, 3.63) is 58.0 Å². The molecule has 0 N–H and O–H groups in total. The number of hydrogen-bond acceptors (Lipinski definition) is 4. The Morgan fingerprint density at radius 1 is 1.17 bits per heavy atom. The average Bonchev–Trinajstić information content (AvgIpc) is 2.91. The number of ether oxygens (including phenoxy) is 1. The lowest BCUT2D eigenvalue weighted by atomic mass is 10.2. The van der Waals surface area contributed by atoms with Crippen LogP contribution in [0.25, 0.3) is 21.0 Å². The van der Waals surface area contributed by atoms with E-state index >= 15 is 0 Å². The van der Waals surface area contributed by atoms with Crippen molar-refractivity contribution in [3.63, 3.8) is 0 Å². The van der Waals surface area contributed by atoms with E-state index in [1.807, 2.05) is 42.5 Å². The lowest BCUT2D eigenvalue weighted by Gasteiger charge is -2.01. The zero-order valence-electron chi connectivity index (χ0n) is 12.0. The summed E-state index contributed by atoms with van der Waals surface area (Å²) in [7, 11) is 0. The lowest BCUT2D eigenvalue weighted by molar-refractivity contribution is -0.132. The Balaban J connectivity index is 2.10. The Bertz CT molecular complexity index is 861. The molecule has 0 aliphatic carbocycles. The van der Waals surface area contributed by atoms with Gasteiger partial charge in [0.2, 0.25) is 5.88 Å². The zero-order valence-corrected chi connectivity index (χ0v) is 15.2. The van der Waals surface area contributed by atoms with Crippen LogP contribution in [0, 0.1) is 0 Å². The quantitative estimate of drug-likeness (QED) is 0.513. The minimum Gasteiger partial charge on any atom is -0.406 e. The fourth-order valence-electron chi connectivity index (χ4n) is 2.04. The summed E-state index contributed by atoms with van der Waals surface area (Å²) in [5, 5.41) is 1.40. The van der Waals surface area contributed by atoms with Crippen molar-refractivity contribution in [1.29, 1.82) is 0 Å². The number of benzene rings is 2. The van der Waals surface area contributed by atoms with Gasteiger partial charge in [-0.05, 0) is 29.8 Å². The van der Waals surface area contributed by atoms with E-state index in [1.165, 1.54) is 18.3 Å². The summed E-state index contributed by atoms with van der Waals surface area (Å²) >= 11 is 10.9. The van der Waals surface area contributed by atoms with Crippen molar-refractivity contribution >= 4 is 44.8 Å². The molecule has 0 radical (unpaired) electrons. The van der Waals surface area contributed by atoms with Crippen LogP contribution in [0.1, 0.15) is 6.92 Å². The lowest BCUT2D eigenvalue weighted by Crippen LogP contribution is -2.02. The van der Waals surface area contributed by atoms with Gasteiger partial charge in [0.25, 0.3) is 0 Å². The first-order valence-electron chi connectivity index (χ1n) is 6.74. The van der Waals surface area contributed by atoms with E-state index < -0.39 is 5.97 Å². The third-order valence-electron chi connectivity index (χ3n) is 3.01. The van der Waals surface area contributed by atoms with Gasteiger partial charge in [0.15, 0.2) is 0 Å². The van der Waals surface area contributed by atoms with Crippen molar-refractivity contribution in [3.8, 4) is 26.9 Å². The Kier molecular flexibility index (Phi) is 4.80. The minimum atomic E-state index is -0.402. The first kappa shape index (κ1) is 16.2. The maximum absolute atomic E-state index is 11.4. The molecular formula is C17H11BrClNO2S. The van der Waals surface area contributed by atoms with E-state index in [2.05, 4.69) is 20.9 Å². The topological polar surface area (TPSA) is 39.2 Å². The molecule has 0 saturated heterocycles. The van der Waals surface area contributed by atoms with Crippen LogP contribution in [0.4, 0.5) is 0 Å². The van der Waals surface area contributed by atoms with Gasteiger partial charge in [-0.15, -0.1) is 11.3 Å². The van der Waals surface area contributed by atoms with E-state index in [0.29, 0.717) is 10.9 Å². The second kappa shape index (κ2) is 6.83. The Hall–Kier alpha value is -1.69. The predicted octanol–water partition coefficient (Wildman–Crippen LogP) is 5.82. The molecule has 3 nitrogen and oxygen atoms in total. The molecular weight excluding hydrogens is 398 g/mol. The molecule has 6 heteroatoms. The average molecular weight is 409 g/mol. The van der Waals surface area contributed by atoms with Crippen LogP contribution in [-0.4, -0.2) is 11.0 Å². The van der Waals surface area contributed by atoms with Crippen molar-refractivity contribution in [2.24, 2.45) is 0 Å². The van der Waals surface area contributed by atoms with Crippen LogP contribution in [0.3, 0.4) is 0 Å². The second-order valence-corrected chi connectivity index (χ2v) is 7.12. The summed E-state index contributed by atoms with van der Waals surface area (Å²) in [6, 6.07) is 15.2. The van der Waals surface area contributed by atoms with Crippen molar-refractivity contribution in [2.75, 3.05) is 0 Å². The third-order valence-corrected chi connectivity index (χ3v) is 4.91. The highest BCUT2D eigenvalue weighted by Crippen LogP contribution is 2.40. The normalized spacial score (nSPS) is 10.6. The number of nitrogens with zero attached hydrogens (tertiary/aromatic N) is 1. The molecule has 0 aliphatic heterocycles. The fraction of sp³-hybridized carbons (Fsp3) is 0.0588. The van der Waals surface area contributed by atoms with Gasteiger partial charge in [-0.2, -0.15) is 0 Å². The second-order valence-electron chi connectivity index (χ2n) is 4.76. The molecule has 1 heterocycles. The molecule has 0 amide bonds. The Labute approximate surface area is 151 Å². The van der Waals surface area contributed by atoms with Crippen molar-refractivity contribution in [2.45, 2.75) is 6.92 Å². The molecule has 2 aromatic carbocycles. The number of carbonyl (C=O) groups is 1. The zero-order chi connectivity index (χ0) is 16.4. The highest BCUT2D eigenvalue weighted by molar-refractivity contribution is 9.10. The number of thiazole rings is 1. The van der Waals surface area contributed by atoms with E-state index in [1.54, 1.807) is 6.07 Å². The van der Waals surface area contributed by atoms with Gasteiger partial charge in [-0.25, -0.2) is 4.98 Å². The summed E-state index contributed by atoms with van der Waals surface area (Å²) in [6.07, 6.45) is 0.